The number of allylic oxidation sites excluding steroid dienone is 12. The Bertz CT molecular complexity index is 1300. The quantitative estimate of drug-likeness (QED) is 0.0160. The topological polar surface area (TPSA) is 131 Å². The lowest BCUT2D eigenvalue weighted by molar-refractivity contribution is -0.870. The van der Waals surface area contributed by atoms with Crippen molar-refractivity contribution in [3.63, 3.8) is 0 Å². The highest BCUT2D eigenvalue weighted by Gasteiger charge is 2.21. The molecule has 0 saturated carbocycles. The van der Waals surface area contributed by atoms with Crippen LogP contribution in [0.15, 0.2) is 85.1 Å². The first-order valence-corrected chi connectivity index (χ1v) is 23.9. The van der Waals surface area contributed by atoms with E-state index in [4.69, 9.17) is 18.5 Å². The summed E-state index contributed by atoms with van der Waals surface area (Å²) >= 11 is 0. The number of hydrogen-bond donors (Lipinski definition) is 1. The predicted molar refractivity (Wildman–Crippen MR) is 242 cm³/mol. The molecule has 0 aliphatic heterocycles. The fourth-order valence-electron chi connectivity index (χ4n) is 5.38. The standard InChI is InChI=1S/C48H82NO9P/c1-6-8-10-12-14-15-16-17-18-19-20-21-22-23-27-31-35-39-47(51)55-43-46(44-57-59(53,54)56-42-41-49(3,4)5)58-48(52)40-36-32-28-25-24-26-30-34-38-45(50)37-33-29-13-11-9-7-2/h14-15,17-18,20-21,25-26,28-30,33-34,38,45-46,50H,6-13,16,19,22-24,27,31-32,35-37,39-44H2,1-5H3/b15-14-,18-17-,21-20-,28-25-,30-26-,33-29-,38-34+/t45-,46+/m0/s1. The monoisotopic (exact) mass is 848 g/mol. The number of rotatable bonds is 39. The number of esters is 2. The van der Waals surface area contributed by atoms with E-state index in [1.165, 1.54) is 44.9 Å². The second-order valence-corrected chi connectivity index (χ2v) is 17.3. The van der Waals surface area contributed by atoms with Crippen molar-refractivity contribution >= 4 is 19.8 Å². The Labute approximate surface area is 359 Å². The largest absolute Gasteiger partial charge is 0.756 e. The molecule has 338 valence electrons. The molecule has 0 heterocycles. The minimum atomic E-state index is -4.67. The molecule has 3 atom stereocenters. The molecule has 0 radical (unpaired) electrons. The van der Waals surface area contributed by atoms with Crippen LogP contribution in [0.1, 0.15) is 149 Å². The molecular weight excluding hydrogens is 765 g/mol. The maximum absolute atomic E-state index is 12.7. The first kappa shape index (κ1) is 56.1. The van der Waals surface area contributed by atoms with E-state index >= 15 is 0 Å². The maximum atomic E-state index is 12.7. The Morgan fingerprint density at radius 1 is 0.627 bits per heavy atom. The van der Waals surface area contributed by atoms with Gasteiger partial charge < -0.3 is 33.0 Å². The summed E-state index contributed by atoms with van der Waals surface area (Å²) < 4.78 is 33.8. The second-order valence-electron chi connectivity index (χ2n) is 15.9. The summed E-state index contributed by atoms with van der Waals surface area (Å²) in [4.78, 5) is 37.5. The number of carbonyl (C=O) groups excluding carboxylic acids is 2. The molecular formula is C48H82NO9P. The lowest BCUT2D eigenvalue weighted by atomic mass is 10.1. The third kappa shape index (κ3) is 43.1. The van der Waals surface area contributed by atoms with Gasteiger partial charge in [-0.05, 0) is 83.5 Å². The molecule has 11 heteroatoms. The molecule has 0 fully saturated rings. The Kier molecular flexibility index (Phi) is 37.4. The van der Waals surface area contributed by atoms with Crippen LogP contribution in [0, 0.1) is 0 Å². The Morgan fingerprint density at radius 3 is 1.76 bits per heavy atom. The number of quaternary nitrogens is 1. The van der Waals surface area contributed by atoms with Crippen LogP contribution in [0.5, 0.6) is 0 Å². The summed E-state index contributed by atoms with van der Waals surface area (Å²) in [5, 5.41) is 10.0. The summed E-state index contributed by atoms with van der Waals surface area (Å²) in [5.74, 6) is -0.973. The molecule has 1 N–H and O–H groups in total. The molecule has 0 rings (SSSR count). The van der Waals surface area contributed by atoms with Crippen molar-refractivity contribution < 1.29 is 47.2 Å². The van der Waals surface area contributed by atoms with Gasteiger partial charge in [-0.25, -0.2) is 0 Å². The summed E-state index contributed by atoms with van der Waals surface area (Å²) in [7, 11) is 1.06. The summed E-state index contributed by atoms with van der Waals surface area (Å²) in [6.07, 6.45) is 46.4. The van der Waals surface area contributed by atoms with Crippen LogP contribution in [0.25, 0.3) is 0 Å². The third-order valence-corrected chi connectivity index (χ3v) is 9.93. The van der Waals surface area contributed by atoms with Gasteiger partial charge in [0, 0.05) is 12.8 Å². The molecule has 10 nitrogen and oxygen atoms in total. The van der Waals surface area contributed by atoms with E-state index in [-0.39, 0.29) is 26.1 Å². The average Bonchev–Trinajstić information content (AvgIpc) is 3.18. The van der Waals surface area contributed by atoms with Gasteiger partial charge >= 0.3 is 11.9 Å². The number of aliphatic hydroxyl groups is 1. The number of unbranched alkanes of at least 4 members (excludes halogenated alkanes) is 11. The maximum Gasteiger partial charge on any atom is 0.306 e. The highest BCUT2D eigenvalue weighted by molar-refractivity contribution is 7.45. The summed E-state index contributed by atoms with van der Waals surface area (Å²) in [6, 6.07) is 0. The zero-order valence-corrected chi connectivity index (χ0v) is 38.4. The van der Waals surface area contributed by atoms with Crippen molar-refractivity contribution in [2.45, 2.75) is 161 Å². The average molecular weight is 848 g/mol. The molecule has 0 aromatic carbocycles. The Morgan fingerprint density at radius 2 is 1.15 bits per heavy atom. The zero-order chi connectivity index (χ0) is 43.7. The molecule has 59 heavy (non-hydrogen) atoms. The summed E-state index contributed by atoms with van der Waals surface area (Å²) in [6.45, 7) is 3.96. The van der Waals surface area contributed by atoms with Crippen molar-refractivity contribution in [2.24, 2.45) is 0 Å². The van der Waals surface area contributed by atoms with Crippen LogP contribution in [0.2, 0.25) is 0 Å². The van der Waals surface area contributed by atoms with Gasteiger partial charge in [-0.3, -0.25) is 14.2 Å². The fraction of sp³-hybridized carbons (Fsp3) is 0.667. The highest BCUT2D eigenvalue weighted by Crippen LogP contribution is 2.38. The van der Waals surface area contributed by atoms with Gasteiger partial charge in [0.1, 0.15) is 19.8 Å². The fourth-order valence-corrected chi connectivity index (χ4v) is 6.11. The smallest absolute Gasteiger partial charge is 0.306 e. The third-order valence-electron chi connectivity index (χ3n) is 8.97. The van der Waals surface area contributed by atoms with E-state index in [0.29, 0.717) is 43.1 Å². The van der Waals surface area contributed by atoms with E-state index in [0.717, 1.165) is 44.9 Å². The lowest BCUT2D eigenvalue weighted by Crippen LogP contribution is -2.37. The molecule has 0 aromatic heterocycles. The van der Waals surface area contributed by atoms with Gasteiger partial charge in [0.15, 0.2) is 6.10 Å². The van der Waals surface area contributed by atoms with E-state index in [2.05, 4.69) is 56.4 Å². The van der Waals surface area contributed by atoms with Crippen LogP contribution in [0.4, 0.5) is 0 Å². The van der Waals surface area contributed by atoms with Crippen molar-refractivity contribution in [1.29, 1.82) is 0 Å². The SMILES string of the molecule is CCCCC/C=C\C/C=C\C/C=C\CCCCCCC(=O)OC[C@H](COP(=O)([O-])OCC[N+](C)(C)C)OC(=O)CCC/C=C\C/C=C\C=C\[C@@H](O)C/C=C\CCCCC. The van der Waals surface area contributed by atoms with Gasteiger partial charge in [0.05, 0.1) is 33.9 Å². The van der Waals surface area contributed by atoms with Crippen LogP contribution in [-0.4, -0.2) is 81.2 Å². The molecule has 0 bridgehead atoms. The predicted octanol–water partition coefficient (Wildman–Crippen LogP) is 11.1. The Hall–Kier alpha value is -2.85. The van der Waals surface area contributed by atoms with E-state index in [1.54, 1.807) is 6.08 Å². The molecule has 0 aliphatic carbocycles. The highest BCUT2D eigenvalue weighted by atomic mass is 31.2. The molecule has 0 amide bonds. The van der Waals surface area contributed by atoms with E-state index in [1.807, 2.05) is 57.6 Å². The van der Waals surface area contributed by atoms with Crippen LogP contribution < -0.4 is 4.89 Å². The Balaban J connectivity index is 4.57. The van der Waals surface area contributed by atoms with Crippen LogP contribution in [0.3, 0.4) is 0 Å². The number of phosphoric ester groups is 1. The van der Waals surface area contributed by atoms with Gasteiger partial charge in [0.2, 0.25) is 0 Å². The number of carbonyl (C=O) groups is 2. The van der Waals surface area contributed by atoms with Crippen molar-refractivity contribution in [3.05, 3.63) is 85.1 Å². The number of nitrogens with zero attached hydrogens (tertiary/aromatic N) is 1. The number of hydrogen-bond acceptors (Lipinski definition) is 9. The van der Waals surface area contributed by atoms with Crippen LogP contribution in [-0.2, 0) is 32.7 Å². The summed E-state index contributed by atoms with van der Waals surface area (Å²) in [5.41, 5.74) is 0. The second kappa shape index (κ2) is 39.3. The number of likely N-dealkylation sites (N-methyl/N-ethyl adjacent to an activating group) is 1. The van der Waals surface area contributed by atoms with Gasteiger partial charge in [0.25, 0.3) is 7.82 Å². The first-order valence-electron chi connectivity index (χ1n) is 22.4. The molecule has 1 unspecified atom stereocenters. The zero-order valence-electron chi connectivity index (χ0n) is 37.5. The minimum Gasteiger partial charge on any atom is -0.756 e. The van der Waals surface area contributed by atoms with Crippen molar-refractivity contribution in [3.8, 4) is 0 Å². The van der Waals surface area contributed by atoms with Crippen molar-refractivity contribution in [2.75, 3.05) is 47.5 Å². The van der Waals surface area contributed by atoms with Gasteiger partial charge in [-0.1, -0.05) is 137 Å². The van der Waals surface area contributed by atoms with E-state index < -0.39 is 38.6 Å². The van der Waals surface area contributed by atoms with Crippen LogP contribution >= 0.6 is 7.82 Å². The first-order chi connectivity index (χ1) is 28.4. The minimum absolute atomic E-state index is 0.0605. The molecule has 0 aromatic rings. The molecule has 0 spiro atoms. The number of phosphoric acid groups is 1. The normalized spacial score (nSPS) is 14.9. The van der Waals surface area contributed by atoms with Crippen molar-refractivity contribution in [1.82, 2.24) is 0 Å². The number of aliphatic hydroxyl groups excluding tert-OH is 1. The molecule has 0 aliphatic rings. The van der Waals surface area contributed by atoms with E-state index in [9.17, 15) is 24.2 Å². The molecule has 0 saturated heterocycles. The lowest BCUT2D eigenvalue weighted by Gasteiger charge is -2.28. The van der Waals surface area contributed by atoms with Gasteiger partial charge in [-0.15, -0.1) is 0 Å². The number of ether oxygens (including phenoxy) is 2. The van der Waals surface area contributed by atoms with Gasteiger partial charge in [-0.2, -0.15) is 0 Å².